The number of nitrogens with zero attached hydrogens (tertiary/aromatic N) is 4. The van der Waals surface area contributed by atoms with Gasteiger partial charge in [0.05, 0.1) is 0 Å². The number of aromatic nitrogens is 4. The minimum atomic E-state index is -1.04. The van der Waals surface area contributed by atoms with Crippen LogP contribution < -0.4 is 5.32 Å². The second kappa shape index (κ2) is 4.71. The lowest BCUT2D eigenvalue weighted by molar-refractivity contribution is -0.145. The summed E-state index contributed by atoms with van der Waals surface area (Å²) in [5.41, 5.74) is -0.286. The highest BCUT2D eigenvalue weighted by molar-refractivity contribution is 5.82. The van der Waals surface area contributed by atoms with E-state index in [9.17, 15) is 9.90 Å². The van der Waals surface area contributed by atoms with Crippen LogP contribution >= 0.6 is 0 Å². The third-order valence-corrected chi connectivity index (χ3v) is 3.50. The van der Waals surface area contributed by atoms with Gasteiger partial charge in [-0.3, -0.25) is 0 Å². The first-order valence-electron chi connectivity index (χ1n) is 6.37. The van der Waals surface area contributed by atoms with Crippen LogP contribution in [0, 0.1) is 6.92 Å². The third kappa shape index (κ3) is 2.07. The molecule has 0 amide bonds. The molecular formula is C12H15N5O3. The van der Waals surface area contributed by atoms with Crippen LogP contribution in [0.25, 0.3) is 5.78 Å². The molecule has 0 aromatic carbocycles. The fourth-order valence-corrected chi connectivity index (χ4v) is 2.38. The van der Waals surface area contributed by atoms with E-state index in [4.69, 9.17) is 4.74 Å². The van der Waals surface area contributed by atoms with Crippen molar-refractivity contribution >= 4 is 17.6 Å². The third-order valence-electron chi connectivity index (χ3n) is 3.50. The molecule has 1 saturated heterocycles. The van der Waals surface area contributed by atoms with E-state index in [2.05, 4.69) is 20.4 Å². The molecule has 1 aliphatic heterocycles. The number of anilines is 1. The van der Waals surface area contributed by atoms with E-state index in [-0.39, 0.29) is 0 Å². The number of nitrogens with one attached hydrogen (secondary N) is 1. The molecule has 1 fully saturated rings. The maximum atomic E-state index is 11.7. The summed E-state index contributed by atoms with van der Waals surface area (Å²) in [6.45, 7) is 2.67. The number of rotatable bonds is 3. The molecule has 0 unspecified atom stereocenters. The number of carboxylic acids is 1. The molecule has 0 atom stereocenters. The number of hydrogen-bond donors (Lipinski definition) is 2. The molecule has 0 aliphatic carbocycles. The number of fused-ring (bicyclic) bond motifs is 1. The Bertz CT molecular complexity index is 648. The normalized spacial score (nSPS) is 18.1. The van der Waals surface area contributed by atoms with E-state index < -0.39 is 11.5 Å². The summed E-state index contributed by atoms with van der Waals surface area (Å²) in [6.07, 6.45) is 2.20. The largest absolute Gasteiger partial charge is 0.480 e. The SMILES string of the molecule is Cc1cc(NC2(C(=O)O)CCOCC2)n2ncnc2n1. The lowest BCUT2D eigenvalue weighted by Crippen LogP contribution is -2.50. The van der Waals surface area contributed by atoms with Gasteiger partial charge >= 0.3 is 5.97 Å². The van der Waals surface area contributed by atoms with Gasteiger partial charge in [0.15, 0.2) is 0 Å². The molecule has 0 bridgehead atoms. The molecule has 2 N–H and O–H groups in total. The number of carbonyl (C=O) groups is 1. The van der Waals surface area contributed by atoms with Crippen LogP contribution in [-0.2, 0) is 9.53 Å². The van der Waals surface area contributed by atoms with Crippen LogP contribution in [0.5, 0.6) is 0 Å². The Morgan fingerprint density at radius 1 is 1.50 bits per heavy atom. The average molecular weight is 277 g/mol. The second-order valence-electron chi connectivity index (χ2n) is 4.88. The summed E-state index contributed by atoms with van der Waals surface area (Å²) >= 11 is 0. The van der Waals surface area contributed by atoms with Crippen molar-refractivity contribution in [3.63, 3.8) is 0 Å². The van der Waals surface area contributed by atoms with E-state index in [0.29, 0.717) is 37.7 Å². The Morgan fingerprint density at radius 2 is 2.25 bits per heavy atom. The topological polar surface area (TPSA) is 102 Å². The summed E-state index contributed by atoms with van der Waals surface area (Å²) < 4.78 is 6.77. The molecule has 8 nitrogen and oxygen atoms in total. The first-order valence-corrected chi connectivity index (χ1v) is 6.37. The molecular weight excluding hydrogens is 262 g/mol. The van der Waals surface area contributed by atoms with E-state index in [1.807, 2.05) is 6.92 Å². The van der Waals surface area contributed by atoms with Crippen molar-refractivity contribution in [3.05, 3.63) is 18.1 Å². The Morgan fingerprint density at radius 3 is 2.95 bits per heavy atom. The van der Waals surface area contributed by atoms with Crippen molar-refractivity contribution in [2.75, 3.05) is 18.5 Å². The molecule has 2 aromatic heterocycles. The van der Waals surface area contributed by atoms with Crippen LogP contribution in [0.1, 0.15) is 18.5 Å². The molecule has 0 spiro atoms. The highest BCUT2D eigenvalue weighted by Crippen LogP contribution is 2.26. The summed E-state index contributed by atoms with van der Waals surface area (Å²) in [7, 11) is 0. The summed E-state index contributed by atoms with van der Waals surface area (Å²) in [4.78, 5) is 19.9. The fourth-order valence-electron chi connectivity index (χ4n) is 2.38. The molecule has 2 aromatic rings. The second-order valence-corrected chi connectivity index (χ2v) is 4.88. The van der Waals surface area contributed by atoms with Gasteiger partial charge in [0.1, 0.15) is 17.7 Å². The zero-order chi connectivity index (χ0) is 14.2. The van der Waals surface area contributed by atoms with E-state index in [1.54, 1.807) is 6.07 Å². The molecule has 20 heavy (non-hydrogen) atoms. The quantitative estimate of drug-likeness (QED) is 0.841. The van der Waals surface area contributed by atoms with Crippen LogP contribution in [0.15, 0.2) is 12.4 Å². The molecule has 1 aliphatic rings. The summed E-state index contributed by atoms with van der Waals surface area (Å²) in [5, 5.41) is 16.7. The predicted octanol–water partition coefficient (Wildman–Crippen LogP) is 0.478. The molecule has 3 rings (SSSR count). The van der Waals surface area contributed by atoms with E-state index >= 15 is 0 Å². The zero-order valence-electron chi connectivity index (χ0n) is 11.0. The van der Waals surface area contributed by atoms with Crippen LogP contribution in [0.3, 0.4) is 0 Å². The van der Waals surface area contributed by atoms with Crippen molar-refractivity contribution in [1.82, 2.24) is 19.6 Å². The van der Waals surface area contributed by atoms with Gasteiger partial charge in [0, 0.05) is 37.8 Å². The molecule has 8 heteroatoms. The summed E-state index contributed by atoms with van der Waals surface area (Å²) in [5.74, 6) is 0.137. The minimum Gasteiger partial charge on any atom is -0.480 e. The lowest BCUT2D eigenvalue weighted by atomic mass is 9.90. The maximum Gasteiger partial charge on any atom is 0.329 e. The highest BCUT2D eigenvalue weighted by Gasteiger charge is 2.40. The average Bonchev–Trinajstić information content (AvgIpc) is 2.88. The summed E-state index contributed by atoms with van der Waals surface area (Å²) in [6, 6.07) is 1.77. The number of aryl methyl sites for hydroxylation is 1. The molecule has 0 radical (unpaired) electrons. The Hall–Kier alpha value is -2.22. The smallest absolute Gasteiger partial charge is 0.329 e. The first-order chi connectivity index (χ1) is 9.61. The van der Waals surface area contributed by atoms with Crippen molar-refractivity contribution in [2.24, 2.45) is 0 Å². The van der Waals surface area contributed by atoms with Crippen LogP contribution in [-0.4, -0.2) is 49.4 Å². The van der Waals surface area contributed by atoms with Crippen LogP contribution in [0.2, 0.25) is 0 Å². The van der Waals surface area contributed by atoms with E-state index in [1.165, 1.54) is 10.8 Å². The minimum absolute atomic E-state index is 0.403. The van der Waals surface area contributed by atoms with Gasteiger partial charge in [0.2, 0.25) is 0 Å². The van der Waals surface area contributed by atoms with Gasteiger partial charge in [-0.2, -0.15) is 14.6 Å². The standard InChI is InChI=1S/C12H15N5O3/c1-8-6-9(17-11(15-8)13-7-14-17)16-12(10(18)19)2-4-20-5-3-12/h6-7,16H,2-5H2,1H3,(H,18,19). The van der Waals surface area contributed by atoms with E-state index in [0.717, 1.165) is 5.69 Å². The first kappa shape index (κ1) is 12.8. The van der Waals surface area contributed by atoms with Gasteiger partial charge in [-0.15, -0.1) is 0 Å². The van der Waals surface area contributed by atoms with Crippen molar-refractivity contribution in [3.8, 4) is 0 Å². The predicted molar refractivity (Wildman–Crippen MR) is 69.6 cm³/mol. The lowest BCUT2D eigenvalue weighted by Gasteiger charge is -2.34. The zero-order valence-corrected chi connectivity index (χ0v) is 11.0. The maximum absolute atomic E-state index is 11.7. The number of aliphatic carboxylic acids is 1. The number of hydrogen-bond acceptors (Lipinski definition) is 6. The van der Waals surface area contributed by atoms with Gasteiger partial charge in [-0.05, 0) is 6.92 Å². The number of ether oxygens (including phenoxy) is 1. The van der Waals surface area contributed by atoms with Crippen molar-refractivity contribution < 1.29 is 14.6 Å². The van der Waals surface area contributed by atoms with Crippen molar-refractivity contribution in [2.45, 2.75) is 25.3 Å². The van der Waals surface area contributed by atoms with Gasteiger partial charge in [0.25, 0.3) is 5.78 Å². The van der Waals surface area contributed by atoms with Gasteiger partial charge < -0.3 is 15.2 Å². The fraction of sp³-hybridized carbons (Fsp3) is 0.500. The molecule has 0 saturated carbocycles. The monoisotopic (exact) mass is 277 g/mol. The Kier molecular flexibility index (Phi) is 3.01. The highest BCUT2D eigenvalue weighted by atomic mass is 16.5. The molecule has 3 heterocycles. The van der Waals surface area contributed by atoms with Crippen molar-refractivity contribution in [1.29, 1.82) is 0 Å². The van der Waals surface area contributed by atoms with Gasteiger partial charge in [-0.25, -0.2) is 9.78 Å². The Labute approximate surface area is 114 Å². The van der Waals surface area contributed by atoms with Gasteiger partial charge in [-0.1, -0.05) is 0 Å². The van der Waals surface area contributed by atoms with Crippen LogP contribution in [0.4, 0.5) is 5.82 Å². The number of carboxylic acid groups (broad SMARTS) is 1. The molecule has 106 valence electrons. The Balaban J connectivity index is 2.02.